The van der Waals surface area contributed by atoms with Crippen LogP contribution in [0.4, 0.5) is 11.4 Å². The van der Waals surface area contributed by atoms with Crippen LogP contribution in [-0.2, 0) is 15.0 Å². The van der Waals surface area contributed by atoms with Crippen molar-refractivity contribution in [1.82, 2.24) is 19.7 Å². The number of rotatable bonds is 11. The fourth-order valence-electron chi connectivity index (χ4n) is 4.87. The summed E-state index contributed by atoms with van der Waals surface area (Å²) in [5, 5.41) is 24.4. The zero-order valence-electron chi connectivity index (χ0n) is 26.8. The molecule has 10 nitrogen and oxygen atoms in total. The smallest absolute Gasteiger partial charge is 0.335 e. The number of amides is 2. The van der Waals surface area contributed by atoms with Crippen molar-refractivity contribution >= 4 is 74.2 Å². The molecule has 2 aromatic heterocycles. The number of carbonyl (C=O) groups excluding carboxylic acids is 2. The minimum Gasteiger partial charge on any atom is -0.478 e. The van der Waals surface area contributed by atoms with Crippen molar-refractivity contribution in [2.24, 2.45) is 0 Å². The van der Waals surface area contributed by atoms with Gasteiger partial charge in [0.25, 0.3) is 0 Å². The Kier molecular flexibility index (Phi) is 10.1. The van der Waals surface area contributed by atoms with Crippen LogP contribution in [0, 0.1) is 0 Å². The molecule has 6 aromatic rings. The SMILES string of the molecule is CC(C)(C)c1ccc(-c2nnc(SCC(=O)Nc3ccc4nc(SCC(=O)Nc5ccc(C(=O)O)cc5)sc4c3)n2-c2ccccc2)cc1. The molecular formula is C36H32N6O4S3. The number of carbonyl (C=O) groups is 3. The number of aromatic carboxylic acids is 1. The summed E-state index contributed by atoms with van der Waals surface area (Å²) in [7, 11) is 0. The van der Waals surface area contributed by atoms with E-state index in [4.69, 9.17) is 5.11 Å². The molecule has 0 spiro atoms. The van der Waals surface area contributed by atoms with Crippen LogP contribution in [0.1, 0.15) is 36.7 Å². The summed E-state index contributed by atoms with van der Waals surface area (Å²) in [6, 6.07) is 29.7. The van der Waals surface area contributed by atoms with Gasteiger partial charge in [0.1, 0.15) is 0 Å². The summed E-state index contributed by atoms with van der Waals surface area (Å²) in [6.07, 6.45) is 0. The molecule has 0 saturated heterocycles. The second-order valence-corrected chi connectivity index (χ2v) is 15.2. The Labute approximate surface area is 295 Å². The zero-order valence-corrected chi connectivity index (χ0v) is 29.3. The normalized spacial score (nSPS) is 11.4. The van der Waals surface area contributed by atoms with E-state index in [1.54, 1.807) is 18.2 Å². The lowest BCUT2D eigenvalue weighted by atomic mass is 9.87. The highest BCUT2D eigenvalue weighted by atomic mass is 32.2. The molecule has 0 atom stereocenters. The number of aromatic nitrogens is 4. The molecule has 6 rings (SSSR count). The van der Waals surface area contributed by atoms with Crippen molar-refractivity contribution in [2.45, 2.75) is 35.7 Å². The number of hydrogen-bond acceptors (Lipinski definition) is 9. The Morgan fingerprint density at radius 2 is 1.45 bits per heavy atom. The largest absolute Gasteiger partial charge is 0.478 e. The van der Waals surface area contributed by atoms with Crippen LogP contribution in [0.25, 0.3) is 27.3 Å². The first-order chi connectivity index (χ1) is 23.5. The van der Waals surface area contributed by atoms with E-state index < -0.39 is 5.97 Å². The minimum absolute atomic E-state index is 0.0337. The van der Waals surface area contributed by atoms with Crippen LogP contribution < -0.4 is 10.6 Å². The van der Waals surface area contributed by atoms with Gasteiger partial charge >= 0.3 is 5.97 Å². The Balaban J connectivity index is 1.08. The van der Waals surface area contributed by atoms with E-state index in [-0.39, 0.29) is 34.3 Å². The maximum absolute atomic E-state index is 13.1. The van der Waals surface area contributed by atoms with E-state index in [9.17, 15) is 14.4 Å². The first-order valence-corrected chi connectivity index (χ1v) is 18.0. The quantitative estimate of drug-likeness (QED) is 0.114. The lowest BCUT2D eigenvalue weighted by Gasteiger charge is -2.19. The number of nitrogens with zero attached hydrogens (tertiary/aromatic N) is 4. The summed E-state index contributed by atoms with van der Waals surface area (Å²) in [4.78, 5) is 41.2. The number of fused-ring (bicyclic) bond motifs is 1. The number of carboxylic acids is 1. The molecule has 0 saturated carbocycles. The van der Waals surface area contributed by atoms with Crippen LogP contribution in [0.15, 0.2) is 107 Å². The van der Waals surface area contributed by atoms with Crippen molar-refractivity contribution in [2.75, 3.05) is 22.1 Å². The van der Waals surface area contributed by atoms with Gasteiger partial charge in [-0.05, 0) is 65.6 Å². The van der Waals surface area contributed by atoms with Gasteiger partial charge in [-0.1, -0.05) is 86.8 Å². The summed E-state index contributed by atoms with van der Waals surface area (Å²) in [5.74, 6) is -0.474. The van der Waals surface area contributed by atoms with Gasteiger partial charge in [0.05, 0.1) is 27.3 Å². The lowest BCUT2D eigenvalue weighted by molar-refractivity contribution is -0.114. The molecular weight excluding hydrogens is 677 g/mol. The van der Waals surface area contributed by atoms with Gasteiger partial charge in [0.15, 0.2) is 15.3 Å². The van der Waals surface area contributed by atoms with Crippen molar-refractivity contribution in [3.8, 4) is 17.1 Å². The summed E-state index contributed by atoms with van der Waals surface area (Å²) in [5.41, 5.74) is 5.18. The first kappa shape index (κ1) is 33.9. The van der Waals surface area contributed by atoms with Gasteiger partial charge in [-0.3, -0.25) is 14.2 Å². The monoisotopic (exact) mass is 708 g/mol. The topological polar surface area (TPSA) is 139 Å². The first-order valence-electron chi connectivity index (χ1n) is 15.2. The van der Waals surface area contributed by atoms with Crippen molar-refractivity contribution < 1.29 is 19.5 Å². The van der Waals surface area contributed by atoms with Crippen molar-refractivity contribution in [3.05, 3.63) is 108 Å². The van der Waals surface area contributed by atoms with Gasteiger partial charge in [0, 0.05) is 22.6 Å². The third-order valence-corrected chi connectivity index (χ3v) is 10.5. The molecule has 0 aliphatic heterocycles. The Morgan fingerprint density at radius 1 is 0.796 bits per heavy atom. The summed E-state index contributed by atoms with van der Waals surface area (Å²) in [6.45, 7) is 6.54. The van der Waals surface area contributed by atoms with Crippen LogP contribution in [0.2, 0.25) is 0 Å². The number of carboxylic acid groups (broad SMARTS) is 1. The number of para-hydroxylation sites is 1. The number of nitrogens with one attached hydrogen (secondary N) is 2. The van der Waals surface area contributed by atoms with E-state index in [0.29, 0.717) is 22.4 Å². The molecule has 0 fully saturated rings. The molecule has 4 aromatic carbocycles. The fourth-order valence-corrected chi connectivity index (χ4v) is 7.53. The standard InChI is InChI=1S/C36H32N6O4S3/c1-36(2,3)24-13-9-22(10-14-24)32-40-41-34(42(32)27-7-5-4-6-8-27)47-20-30(43)38-26-17-18-28-29(19-26)49-35(39-28)48-21-31(44)37-25-15-11-23(12-16-25)33(45)46/h4-19H,20-21H2,1-3H3,(H,37,44)(H,38,43)(H,45,46). The van der Waals surface area contributed by atoms with Gasteiger partial charge < -0.3 is 15.7 Å². The van der Waals surface area contributed by atoms with Gasteiger partial charge in [-0.25, -0.2) is 9.78 Å². The van der Waals surface area contributed by atoms with E-state index in [2.05, 4.69) is 70.9 Å². The van der Waals surface area contributed by atoms with Gasteiger partial charge in [0.2, 0.25) is 11.8 Å². The van der Waals surface area contributed by atoms with Crippen LogP contribution in [-0.4, -0.2) is 54.1 Å². The third-order valence-electron chi connectivity index (χ3n) is 7.38. The van der Waals surface area contributed by atoms with E-state index in [1.165, 1.54) is 52.6 Å². The highest BCUT2D eigenvalue weighted by Gasteiger charge is 2.19. The molecule has 13 heteroatoms. The predicted molar refractivity (Wildman–Crippen MR) is 197 cm³/mol. The zero-order chi connectivity index (χ0) is 34.5. The Bertz CT molecular complexity index is 2120. The van der Waals surface area contributed by atoms with E-state index >= 15 is 0 Å². The maximum atomic E-state index is 13.1. The van der Waals surface area contributed by atoms with Crippen LogP contribution in [0.3, 0.4) is 0 Å². The van der Waals surface area contributed by atoms with Crippen molar-refractivity contribution in [1.29, 1.82) is 0 Å². The van der Waals surface area contributed by atoms with Gasteiger partial charge in [-0.15, -0.1) is 21.5 Å². The molecule has 0 unspecified atom stereocenters. The number of anilines is 2. The molecule has 0 aliphatic rings. The van der Waals surface area contributed by atoms with Gasteiger partial charge in [-0.2, -0.15) is 0 Å². The third kappa shape index (κ3) is 8.37. The molecule has 49 heavy (non-hydrogen) atoms. The molecule has 0 radical (unpaired) electrons. The highest BCUT2D eigenvalue weighted by molar-refractivity contribution is 8.01. The second kappa shape index (κ2) is 14.6. The molecule has 248 valence electrons. The number of thiazole rings is 1. The average Bonchev–Trinajstić information content (AvgIpc) is 3.70. The summed E-state index contributed by atoms with van der Waals surface area (Å²) < 4.78 is 3.57. The average molecular weight is 709 g/mol. The van der Waals surface area contributed by atoms with Crippen LogP contribution >= 0.6 is 34.9 Å². The Hall–Kier alpha value is -4.98. The molecule has 2 heterocycles. The fraction of sp³-hybridized carbons (Fsp3) is 0.167. The van der Waals surface area contributed by atoms with Crippen molar-refractivity contribution in [3.63, 3.8) is 0 Å². The number of hydrogen-bond donors (Lipinski definition) is 3. The molecule has 0 aliphatic carbocycles. The van der Waals surface area contributed by atoms with E-state index in [1.807, 2.05) is 47.0 Å². The minimum atomic E-state index is -1.03. The highest BCUT2D eigenvalue weighted by Crippen LogP contribution is 2.33. The second-order valence-electron chi connectivity index (χ2n) is 12.0. The number of benzene rings is 4. The molecule has 3 N–H and O–H groups in total. The van der Waals surface area contributed by atoms with Crippen LogP contribution in [0.5, 0.6) is 0 Å². The number of thioether (sulfide) groups is 2. The lowest BCUT2D eigenvalue weighted by Crippen LogP contribution is -2.14. The Morgan fingerprint density at radius 3 is 2.12 bits per heavy atom. The molecule has 0 bridgehead atoms. The molecule has 2 amide bonds. The predicted octanol–water partition coefficient (Wildman–Crippen LogP) is 8.00. The maximum Gasteiger partial charge on any atom is 0.335 e. The van der Waals surface area contributed by atoms with E-state index in [0.717, 1.165) is 25.8 Å². The summed E-state index contributed by atoms with van der Waals surface area (Å²) >= 11 is 4.05.